The number of aromatic nitrogens is 1. The summed E-state index contributed by atoms with van der Waals surface area (Å²) in [5.41, 5.74) is -2.04. The molecule has 1 nitrogen and oxygen atoms in total. The van der Waals surface area contributed by atoms with Crippen LogP contribution in [0.15, 0.2) is 36.4 Å². The van der Waals surface area contributed by atoms with E-state index in [-0.39, 0.29) is 61.9 Å². The van der Waals surface area contributed by atoms with E-state index >= 15 is 8.78 Å². The third kappa shape index (κ3) is 4.81. The molecule has 35 heavy (non-hydrogen) atoms. The van der Waals surface area contributed by atoms with Gasteiger partial charge in [-0.1, -0.05) is 104 Å². The second-order valence-electron chi connectivity index (χ2n) is 6.97. The third-order valence-corrected chi connectivity index (χ3v) is 8.29. The molecule has 4 rings (SSSR count). The highest BCUT2D eigenvalue weighted by molar-refractivity contribution is 6.48. The van der Waals surface area contributed by atoms with Gasteiger partial charge in [-0.3, -0.25) is 0 Å². The van der Waals surface area contributed by atoms with E-state index in [0.717, 1.165) is 0 Å². The van der Waals surface area contributed by atoms with E-state index < -0.39 is 28.6 Å². The van der Waals surface area contributed by atoms with Crippen molar-refractivity contribution in [1.29, 1.82) is 0 Å². The fraction of sp³-hybridized carbons (Fsp3) is 0. The summed E-state index contributed by atoms with van der Waals surface area (Å²) >= 11 is 56.4. The van der Waals surface area contributed by atoms with E-state index in [2.05, 4.69) is 4.98 Å². The zero-order valence-corrected chi connectivity index (χ0v) is 23.4. The van der Waals surface area contributed by atoms with Crippen LogP contribution in [-0.2, 0) is 0 Å². The highest BCUT2D eigenvalue weighted by Gasteiger charge is 2.31. The highest BCUT2D eigenvalue weighted by atomic mass is 35.5. The van der Waals surface area contributed by atoms with Crippen molar-refractivity contribution in [2.24, 2.45) is 0 Å². The van der Waals surface area contributed by atoms with Crippen LogP contribution in [-0.4, -0.2) is 4.98 Å². The Morgan fingerprint density at radius 2 is 0.686 bits per heavy atom. The molecule has 1 aromatic heterocycles. The van der Waals surface area contributed by atoms with Crippen molar-refractivity contribution in [2.45, 2.75) is 0 Å². The van der Waals surface area contributed by atoms with Crippen molar-refractivity contribution < 1.29 is 8.78 Å². The van der Waals surface area contributed by atoms with Crippen molar-refractivity contribution in [3.05, 3.63) is 93.2 Å². The van der Waals surface area contributed by atoms with Crippen LogP contribution < -0.4 is 0 Å². The quantitative estimate of drug-likeness (QED) is 0.201. The molecule has 0 fully saturated rings. The molecule has 0 bridgehead atoms. The van der Waals surface area contributed by atoms with Crippen LogP contribution in [0.25, 0.3) is 33.6 Å². The first-order valence-corrected chi connectivity index (χ1v) is 12.7. The van der Waals surface area contributed by atoms with Gasteiger partial charge in [0, 0.05) is 16.7 Å². The van der Waals surface area contributed by atoms with E-state index in [1.54, 1.807) is 0 Å². The van der Waals surface area contributed by atoms with Gasteiger partial charge in [0.15, 0.2) is 11.6 Å². The summed E-state index contributed by atoms with van der Waals surface area (Å²) in [4.78, 5) is 4.18. The van der Waals surface area contributed by atoms with Crippen molar-refractivity contribution in [1.82, 2.24) is 4.98 Å². The molecule has 0 saturated carbocycles. The molecule has 0 aliphatic carbocycles. The minimum absolute atomic E-state index is 0.00224. The van der Waals surface area contributed by atoms with Gasteiger partial charge in [-0.2, -0.15) is 0 Å². The fourth-order valence-electron chi connectivity index (χ4n) is 3.34. The lowest BCUT2D eigenvalue weighted by Crippen LogP contribution is -2.04. The Morgan fingerprint density at radius 3 is 1.06 bits per heavy atom. The number of rotatable bonds is 3. The van der Waals surface area contributed by atoms with Crippen molar-refractivity contribution in [3.63, 3.8) is 0 Å². The fourth-order valence-corrected chi connectivity index (χ4v) is 5.47. The second-order valence-corrected chi connectivity index (χ2v) is 10.5. The van der Waals surface area contributed by atoms with E-state index in [1.807, 2.05) is 0 Å². The lowest BCUT2D eigenvalue weighted by Gasteiger charge is -2.18. The lowest BCUT2D eigenvalue weighted by atomic mass is 9.97. The van der Waals surface area contributed by atoms with Gasteiger partial charge in [-0.25, -0.2) is 13.8 Å². The molecule has 12 heteroatoms. The largest absolute Gasteiger partial charge is 0.241 e. The molecular weight excluding hydrogens is 647 g/mol. The number of halogens is 11. The van der Waals surface area contributed by atoms with Crippen LogP contribution >= 0.6 is 104 Å². The average Bonchev–Trinajstić information content (AvgIpc) is 2.81. The molecule has 0 aliphatic heterocycles. The molecule has 0 atom stereocenters. The van der Waals surface area contributed by atoms with Crippen molar-refractivity contribution in [3.8, 4) is 33.6 Å². The Kier molecular flexibility index (Phi) is 8.25. The van der Waals surface area contributed by atoms with Gasteiger partial charge in [0.05, 0.1) is 50.8 Å². The minimum Gasteiger partial charge on any atom is -0.241 e. The second kappa shape index (κ2) is 10.6. The van der Waals surface area contributed by atoms with Crippen LogP contribution in [0.1, 0.15) is 0 Å². The first-order chi connectivity index (χ1) is 16.5. The number of nitrogens with zero attached hydrogens (tertiary/aromatic N) is 1. The summed E-state index contributed by atoms with van der Waals surface area (Å²) in [6, 6.07) is 8.30. The summed E-state index contributed by atoms with van der Waals surface area (Å²) < 4.78 is 32.3. The molecule has 0 saturated heterocycles. The summed E-state index contributed by atoms with van der Waals surface area (Å²) in [7, 11) is 0. The average molecular weight is 653 g/mol. The Hall–Kier alpha value is -0.720. The first-order valence-electron chi connectivity index (χ1n) is 9.26. The van der Waals surface area contributed by atoms with Gasteiger partial charge in [0.1, 0.15) is 11.4 Å². The molecule has 180 valence electrons. The number of hydrogen-bond donors (Lipinski definition) is 0. The minimum atomic E-state index is -1.18. The van der Waals surface area contributed by atoms with Gasteiger partial charge in [0.25, 0.3) is 0 Å². The molecule has 1 heterocycles. The molecule has 0 radical (unpaired) electrons. The Morgan fingerprint density at radius 1 is 0.400 bits per heavy atom. The normalized spacial score (nSPS) is 11.3. The molecule has 0 spiro atoms. The van der Waals surface area contributed by atoms with Gasteiger partial charge in [0.2, 0.25) is 0 Å². The summed E-state index contributed by atoms with van der Waals surface area (Å²) in [5.74, 6) is -2.37. The predicted octanol–water partition coefficient (Wildman–Crippen LogP) is 12.2. The van der Waals surface area contributed by atoms with Crippen LogP contribution in [0.3, 0.4) is 0 Å². The smallest absolute Gasteiger partial charge is 0.160 e. The maximum absolute atomic E-state index is 16.1. The van der Waals surface area contributed by atoms with E-state index in [4.69, 9.17) is 104 Å². The SMILES string of the molecule is Fc1c(-c2c(Cl)ccc(Cl)c2Cl)nc(-c2c(Cl)ccc(Cl)c2Cl)c(F)c1-c1c(Cl)ccc(Cl)c1Cl. The Bertz CT molecular complexity index is 1440. The summed E-state index contributed by atoms with van der Waals surface area (Å²) in [5, 5.41) is -0.460. The molecule has 4 aromatic rings. The van der Waals surface area contributed by atoms with Gasteiger partial charge < -0.3 is 0 Å². The molecule has 0 amide bonds. The monoisotopic (exact) mass is 649 g/mol. The maximum atomic E-state index is 16.1. The van der Waals surface area contributed by atoms with Crippen molar-refractivity contribution >= 4 is 104 Å². The number of hydrogen-bond acceptors (Lipinski definition) is 1. The zero-order chi connectivity index (χ0) is 25.8. The van der Waals surface area contributed by atoms with E-state index in [1.165, 1.54) is 36.4 Å². The number of benzene rings is 3. The molecule has 0 unspecified atom stereocenters. The van der Waals surface area contributed by atoms with Crippen LogP contribution in [0.5, 0.6) is 0 Å². The lowest BCUT2D eigenvalue weighted by molar-refractivity contribution is 0.585. The summed E-state index contributed by atoms with van der Waals surface area (Å²) in [6.45, 7) is 0. The molecular formula is C23H6Cl9F2N. The van der Waals surface area contributed by atoms with E-state index in [9.17, 15) is 0 Å². The Labute approximate surface area is 243 Å². The highest BCUT2D eigenvalue weighted by Crippen LogP contribution is 2.49. The first kappa shape index (κ1) is 27.3. The van der Waals surface area contributed by atoms with Gasteiger partial charge in [-0.15, -0.1) is 0 Å². The van der Waals surface area contributed by atoms with Crippen LogP contribution in [0.2, 0.25) is 45.2 Å². The molecule has 0 aliphatic rings. The number of pyridine rings is 1. The Balaban J connectivity index is 2.25. The van der Waals surface area contributed by atoms with Gasteiger partial charge >= 0.3 is 0 Å². The van der Waals surface area contributed by atoms with Crippen LogP contribution in [0.4, 0.5) is 8.78 Å². The zero-order valence-electron chi connectivity index (χ0n) is 16.6. The molecule has 3 aromatic carbocycles. The van der Waals surface area contributed by atoms with E-state index in [0.29, 0.717) is 0 Å². The third-order valence-electron chi connectivity index (χ3n) is 4.93. The van der Waals surface area contributed by atoms with Crippen molar-refractivity contribution in [2.75, 3.05) is 0 Å². The molecule has 0 N–H and O–H groups in total. The van der Waals surface area contributed by atoms with Crippen LogP contribution in [0, 0.1) is 11.6 Å². The van der Waals surface area contributed by atoms with Gasteiger partial charge in [-0.05, 0) is 36.4 Å². The standard InChI is InChI=1S/C23H6Cl9F2N/c24-7-1-4-10(27)17(30)13(7)16-20(33)22(14-8(25)2-5-11(28)18(14)31)35-23(21(16)34)15-9(26)3-6-12(29)19(15)32/h1-6H. The predicted molar refractivity (Wildman–Crippen MR) is 146 cm³/mol. The maximum Gasteiger partial charge on any atom is 0.160 e. The summed E-state index contributed by atoms with van der Waals surface area (Å²) in [6.07, 6.45) is 0. The topological polar surface area (TPSA) is 12.9 Å².